The molecule has 5 nitrogen and oxygen atoms in total. The van der Waals surface area contributed by atoms with E-state index in [1.165, 1.54) is 12.8 Å². The van der Waals surface area contributed by atoms with Crippen molar-refractivity contribution in [3.8, 4) is 5.82 Å². The Labute approximate surface area is 130 Å². The average Bonchev–Trinajstić information content (AvgIpc) is 3.32. The number of carbonyl (C=O) groups is 1. The highest BCUT2D eigenvalue weighted by Crippen LogP contribution is 2.31. The van der Waals surface area contributed by atoms with Crippen LogP contribution in [0.25, 0.3) is 5.82 Å². The van der Waals surface area contributed by atoms with Crippen molar-refractivity contribution < 1.29 is 4.79 Å². The van der Waals surface area contributed by atoms with Gasteiger partial charge in [0.15, 0.2) is 0 Å². The largest absolute Gasteiger partial charge is 0.350 e. The molecule has 22 heavy (non-hydrogen) atoms. The van der Waals surface area contributed by atoms with Gasteiger partial charge in [0.05, 0.1) is 5.56 Å². The van der Waals surface area contributed by atoms with Gasteiger partial charge in [-0.15, -0.1) is 0 Å². The second kappa shape index (κ2) is 5.93. The number of nitrogens with two attached hydrogens (primary N) is 1. The highest BCUT2D eigenvalue weighted by atomic mass is 16.1. The Bertz CT molecular complexity index is 673. The van der Waals surface area contributed by atoms with E-state index >= 15 is 0 Å². The summed E-state index contributed by atoms with van der Waals surface area (Å²) in [7, 11) is 0. The standard InChI is InChI=1S/C17H22N4O/c1-11-9-14(17(22)20-10-15(18)13-6-7-13)12(2)21(11)16-5-3-4-8-19-16/h3-5,8-9,13,15H,6-7,10,18H2,1-2H3,(H,20,22). The fourth-order valence-electron chi connectivity index (χ4n) is 2.83. The van der Waals surface area contributed by atoms with Crippen molar-refractivity contribution in [1.29, 1.82) is 0 Å². The van der Waals surface area contributed by atoms with Crippen molar-refractivity contribution in [2.75, 3.05) is 6.54 Å². The number of hydrogen-bond donors (Lipinski definition) is 2. The molecule has 2 aromatic rings. The van der Waals surface area contributed by atoms with Gasteiger partial charge in [-0.25, -0.2) is 4.98 Å². The first kappa shape index (κ1) is 14.8. The third-order valence-electron chi connectivity index (χ3n) is 4.28. The molecule has 0 bridgehead atoms. The third-order valence-corrected chi connectivity index (χ3v) is 4.28. The molecule has 2 aromatic heterocycles. The van der Waals surface area contributed by atoms with E-state index in [9.17, 15) is 4.79 Å². The summed E-state index contributed by atoms with van der Waals surface area (Å²) < 4.78 is 2.00. The van der Waals surface area contributed by atoms with Crippen molar-refractivity contribution >= 4 is 5.91 Å². The van der Waals surface area contributed by atoms with Crippen molar-refractivity contribution in [2.45, 2.75) is 32.7 Å². The van der Waals surface area contributed by atoms with E-state index in [4.69, 9.17) is 5.73 Å². The molecule has 3 N–H and O–H groups in total. The molecule has 1 saturated carbocycles. The topological polar surface area (TPSA) is 72.9 Å². The minimum absolute atomic E-state index is 0.0635. The molecule has 116 valence electrons. The predicted molar refractivity (Wildman–Crippen MR) is 86.1 cm³/mol. The maximum Gasteiger partial charge on any atom is 0.253 e. The molecule has 1 aliphatic carbocycles. The lowest BCUT2D eigenvalue weighted by Gasteiger charge is -2.12. The first-order valence-electron chi connectivity index (χ1n) is 7.72. The van der Waals surface area contributed by atoms with E-state index in [1.807, 2.05) is 42.7 Å². The maximum absolute atomic E-state index is 12.4. The van der Waals surface area contributed by atoms with Crippen molar-refractivity contribution in [2.24, 2.45) is 11.7 Å². The molecule has 0 saturated heterocycles. The van der Waals surface area contributed by atoms with Crippen LogP contribution in [0.4, 0.5) is 0 Å². The Morgan fingerprint density at radius 2 is 2.23 bits per heavy atom. The number of aryl methyl sites for hydroxylation is 1. The molecule has 0 spiro atoms. The summed E-state index contributed by atoms with van der Waals surface area (Å²) in [6.45, 7) is 4.46. The number of nitrogens with one attached hydrogen (secondary N) is 1. The summed E-state index contributed by atoms with van der Waals surface area (Å²) in [5, 5.41) is 2.96. The summed E-state index contributed by atoms with van der Waals surface area (Å²) in [5.74, 6) is 1.35. The molecule has 1 aliphatic rings. The van der Waals surface area contributed by atoms with Gasteiger partial charge in [0, 0.05) is 30.2 Å². The first-order chi connectivity index (χ1) is 10.6. The van der Waals surface area contributed by atoms with Gasteiger partial charge in [0.2, 0.25) is 0 Å². The molecule has 5 heteroatoms. The third kappa shape index (κ3) is 2.90. The van der Waals surface area contributed by atoms with E-state index in [-0.39, 0.29) is 11.9 Å². The van der Waals surface area contributed by atoms with Crippen LogP contribution in [0, 0.1) is 19.8 Å². The van der Waals surface area contributed by atoms with Gasteiger partial charge in [-0.1, -0.05) is 6.07 Å². The number of carbonyl (C=O) groups excluding carboxylic acids is 1. The predicted octanol–water partition coefficient (Wildman–Crippen LogP) is 1.96. The molecular weight excluding hydrogens is 276 g/mol. The fourth-order valence-corrected chi connectivity index (χ4v) is 2.83. The zero-order chi connectivity index (χ0) is 15.7. The van der Waals surface area contributed by atoms with Crippen LogP contribution in [0.3, 0.4) is 0 Å². The Balaban J connectivity index is 1.78. The Kier molecular flexibility index (Phi) is 3.98. The summed E-state index contributed by atoms with van der Waals surface area (Å²) in [4.78, 5) is 16.8. The van der Waals surface area contributed by atoms with E-state index in [0.29, 0.717) is 18.0 Å². The minimum atomic E-state index is -0.0635. The van der Waals surface area contributed by atoms with Gasteiger partial charge in [0.25, 0.3) is 5.91 Å². The summed E-state index contributed by atoms with van der Waals surface area (Å²) in [6.07, 6.45) is 4.12. The number of aromatic nitrogens is 2. The minimum Gasteiger partial charge on any atom is -0.350 e. The highest BCUT2D eigenvalue weighted by molar-refractivity contribution is 5.95. The van der Waals surface area contributed by atoms with Crippen LogP contribution < -0.4 is 11.1 Å². The average molecular weight is 298 g/mol. The molecule has 1 fully saturated rings. The van der Waals surface area contributed by atoms with Crippen LogP contribution in [-0.2, 0) is 0 Å². The molecule has 1 unspecified atom stereocenters. The van der Waals surface area contributed by atoms with Gasteiger partial charge in [-0.3, -0.25) is 4.79 Å². The number of rotatable bonds is 5. The lowest BCUT2D eigenvalue weighted by molar-refractivity contribution is 0.0949. The quantitative estimate of drug-likeness (QED) is 0.886. The zero-order valence-electron chi connectivity index (χ0n) is 13.0. The van der Waals surface area contributed by atoms with Crippen LogP contribution in [0.5, 0.6) is 0 Å². The van der Waals surface area contributed by atoms with Crippen LogP contribution in [-0.4, -0.2) is 28.0 Å². The Morgan fingerprint density at radius 1 is 1.45 bits per heavy atom. The molecule has 0 aliphatic heterocycles. The van der Waals surface area contributed by atoms with Crippen molar-refractivity contribution in [3.05, 3.63) is 47.4 Å². The van der Waals surface area contributed by atoms with E-state index in [1.54, 1.807) is 6.20 Å². The van der Waals surface area contributed by atoms with Crippen LogP contribution in [0.15, 0.2) is 30.5 Å². The SMILES string of the molecule is Cc1cc(C(=O)NCC(N)C2CC2)c(C)n1-c1ccccn1. The molecule has 1 amide bonds. The second-order valence-electron chi connectivity index (χ2n) is 6.02. The maximum atomic E-state index is 12.4. The molecule has 0 aromatic carbocycles. The number of nitrogens with zero attached hydrogens (tertiary/aromatic N) is 2. The van der Waals surface area contributed by atoms with Crippen LogP contribution >= 0.6 is 0 Å². The summed E-state index contributed by atoms with van der Waals surface area (Å²) in [6, 6.07) is 7.73. The van der Waals surface area contributed by atoms with Crippen molar-refractivity contribution in [1.82, 2.24) is 14.9 Å². The van der Waals surface area contributed by atoms with E-state index in [2.05, 4.69) is 10.3 Å². The number of pyridine rings is 1. The number of amides is 1. The monoisotopic (exact) mass is 298 g/mol. The van der Waals surface area contributed by atoms with E-state index in [0.717, 1.165) is 17.2 Å². The molecular formula is C17H22N4O. The summed E-state index contributed by atoms with van der Waals surface area (Å²) >= 11 is 0. The van der Waals surface area contributed by atoms with Gasteiger partial charge in [-0.2, -0.15) is 0 Å². The van der Waals surface area contributed by atoms with Crippen LogP contribution in [0.1, 0.15) is 34.6 Å². The lowest BCUT2D eigenvalue weighted by Crippen LogP contribution is -2.38. The Morgan fingerprint density at radius 3 is 2.86 bits per heavy atom. The second-order valence-corrected chi connectivity index (χ2v) is 6.02. The van der Waals surface area contributed by atoms with Crippen molar-refractivity contribution in [3.63, 3.8) is 0 Å². The highest BCUT2D eigenvalue weighted by Gasteiger charge is 2.28. The lowest BCUT2D eigenvalue weighted by atomic mass is 10.2. The Hall–Kier alpha value is -2.14. The van der Waals surface area contributed by atoms with Gasteiger partial charge >= 0.3 is 0 Å². The van der Waals surface area contributed by atoms with Crippen LogP contribution in [0.2, 0.25) is 0 Å². The first-order valence-corrected chi connectivity index (χ1v) is 7.72. The smallest absolute Gasteiger partial charge is 0.253 e. The molecule has 3 rings (SSSR count). The summed E-state index contributed by atoms with van der Waals surface area (Å²) in [5.41, 5.74) is 8.62. The fraction of sp³-hybridized carbons (Fsp3) is 0.412. The molecule has 2 heterocycles. The van der Waals surface area contributed by atoms with Gasteiger partial charge < -0.3 is 15.6 Å². The van der Waals surface area contributed by atoms with Gasteiger partial charge in [-0.05, 0) is 50.8 Å². The molecule has 0 radical (unpaired) electrons. The van der Waals surface area contributed by atoms with E-state index < -0.39 is 0 Å². The number of hydrogen-bond acceptors (Lipinski definition) is 3. The molecule has 1 atom stereocenters. The van der Waals surface area contributed by atoms with Gasteiger partial charge in [0.1, 0.15) is 5.82 Å². The normalized spacial score (nSPS) is 15.6. The zero-order valence-corrected chi connectivity index (χ0v) is 13.0.